The van der Waals surface area contributed by atoms with Gasteiger partial charge >= 0.3 is 0 Å². The Balaban J connectivity index is 1.33. The molecule has 2 heterocycles. The van der Waals surface area contributed by atoms with Gasteiger partial charge in [0.2, 0.25) is 5.78 Å². The standard InChI is InChI=1S/C21H23N3O2/c25-20(17-8-7-15-4-3-5-16(15)14-17)21(26)23-18-9-12-24(13-10-18)19-6-1-2-11-22-19/h1-2,6-8,11,14,18H,3-5,9-10,12-13H2,(H,23,26). The summed E-state index contributed by atoms with van der Waals surface area (Å²) in [7, 11) is 0. The predicted molar refractivity (Wildman–Crippen MR) is 100 cm³/mol. The summed E-state index contributed by atoms with van der Waals surface area (Å²) in [6.07, 6.45) is 6.64. The van der Waals surface area contributed by atoms with E-state index in [4.69, 9.17) is 0 Å². The number of aryl methyl sites for hydroxylation is 2. The van der Waals surface area contributed by atoms with Crippen LogP contribution in [0.4, 0.5) is 5.82 Å². The minimum absolute atomic E-state index is 0.0424. The summed E-state index contributed by atoms with van der Waals surface area (Å²) in [5.74, 6) is 0.0533. The highest BCUT2D eigenvalue weighted by Gasteiger charge is 2.25. The molecule has 0 bridgehead atoms. The van der Waals surface area contributed by atoms with Crippen LogP contribution in [0.1, 0.15) is 40.7 Å². The van der Waals surface area contributed by atoms with E-state index in [9.17, 15) is 9.59 Å². The van der Waals surface area contributed by atoms with Crippen molar-refractivity contribution in [3.8, 4) is 0 Å². The van der Waals surface area contributed by atoms with Gasteiger partial charge in [-0.25, -0.2) is 4.98 Å². The molecule has 4 rings (SSSR count). The number of pyridine rings is 1. The van der Waals surface area contributed by atoms with Crippen LogP contribution in [0.2, 0.25) is 0 Å². The van der Waals surface area contributed by atoms with Crippen molar-refractivity contribution in [3.63, 3.8) is 0 Å². The Bertz CT molecular complexity index is 811. The van der Waals surface area contributed by atoms with E-state index in [1.165, 1.54) is 11.1 Å². The molecule has 1 amide bonds. The van der Waals surface area contributed by atoms with Crippen LogP contribution in [0.25, 0.3) is 0 Å². The Kier molecular flexibility index (Phi) is 4.69. The molecule has 0 radical (unpaired) electrons. The van der Waals surface area contributed by atoms with Crippen LogP contribution < -0.4 is 10.2 Å². The quantitative estimate of drug-likeness (QED) is 0.681. The van der Waals surface area contributed by atoms with Gasteiger partial charge in [-0.05, 0) is 61.4 Å². The van der Waals surface area contributed by atoms with Gasteiger partial charge < -0.3 is 10.2 Å². The van der Waals surface area contributed by atoms with Crippen LogP contribution in [-0.4, -0.2) is 35.8 Å². The molecule has 1 aliphatic heterocycles. The molecule has 1 N–H and O–H groups in total. The fraction of sp³-hybridized carbons (Fsp3) is 0.381. The Morgan fingerprint density at radius 1 is 1.04 bits per heavy atom. The maximum atomic E-state index is 12.5. The van der Waals surface area contributed by atoms with Gasteiger partial charge in [-0.3, -0.25) is 9.59 Å². The molecule has 26 heavy (non-hydrogen) atoms. The summed E-state index contributed by atoms with van der Waals surface area (Å²) in [6, 6.07) is 11.6. The van der Waals surface area contributed by atoms with E-state index in [1.807, 2.05) is 30.3 Å². The second-order valence-electron chi connectivity index (χ2n) is 7.09. The normalized spacial score (nSPS) is 17.0. The van der Waals surface area contributed by atoms with E-state index in [0.717, 1.165) is 51.0 Å². The molecule has 1 aromatic heterocycles. The van der Waals surface area contributed by atoms with E-state index in [-0.39, 0.29) is 6.04 Å². The smallest absolute Gasteiger partial charge is 0.292 e. The Hall–Kier alpha value is -2.69. The fourth-order valence-electron chi connectivity index (χ4n) is 3.89. The zero-order valence-corrected chi connectivity index (χ0v) is 14.8. The average molecular weight is 349 g/mol. The minimum atomic E-state index is -0.487. The van der Waals surface area contributed by atoms with Crippen LogP contribution in [0.15, 0.2) is 42.6 Å². The van der Waals surface area contributed by atoms with Crippen molar-refractivity contribution in [1.29, 1.82) is 0 Å². The number of hydrogen-bond donors (Lipinski definition) is 1. The summed E-state index contributed by atoms with van der Waals surface area (Å²) in [4.78, 5) is 31.4. The van der Waals surface area contributed by atoms with Crippen molar-refractivity contribution in [1.82, 2.24) is 10.3 Å². The van der Waals surface area contributed by atoms with Crippen molar-refractivity contribution in [3.05, 3.63) is 59.3 Å². The molecule has 0 spiro atoms. The van der Waals surface area contributed by atoms with Crippen molar-refractivity contribution in [2.45, 2.75) is 38.1 Å². The summed E-state index contributed by atoms with van der Waals surface area (Å²) < 4.78 is 0. The van der Waals surface area contributed by atoms with Gasteiger partial charge in [-0.1, -0.05) is 18.2 Å². The van der Waals surface area contributed by atoms with Gasteiger partial charge in [-0.15, -0.1) is 0 Å². The number of carbonyl (C=O) groups is 2. The first-order valence-electron chi connectivity index (χ1n) is 9.34. The summed E-state index contributed by atoms with van der Waals surface area (Å²) in [5, 5.41) is 2.92. The number of ketones is 1. The maximum absolute atomic E-state index is 12.5. The molecule has 1 aromatic carbocycles. The van der Waals surface area contributed by atoms with Gasteiger partial charge in [0.05, 0.1) is 0 Å². The maximum Gasteiger partial charge on any atom is 0.292 e. The molecule has 0 unspecified atom stereocenters. The molecule has 1 aliphatic carbocycles. The number of fused-ring (bicyclic) bond motifs is 1. The first-order chi connectivity index (χ1) is 12.7. The van der Waals surface area contributed by atoms with E-state index < -0.39 is 11.7 Å². The van der Waals surface area contributed by atoms with Crippen molar-refractivity contribution < 1.29 is 9.59 Å². The first kappa shape index (κ1) is 16.8. The van der Waals surface area contributed by atoms with Gasteiger partial charge in [-0.2, -0.15) is 0 Å². The lowest BCUT2D eigenvalue weighted by Crippen LogP contribution is -2.46. The van der Waals surface area contributed by atoms with Gasteiger partial charge in [0, 0.05) is 30.9 Å². The second kappa shape index (κ2) is 7.28. The summed E-state index contributed by atoms with van der Waals surface area (Å²) in [6.45, 7) is 1.66. The molecule has 5 nitrogen and oxygen atoms in total. The number of benzene rings is 1. The van der Waals surface area contributed by atoms with Crippen LogP contribution in [-0.2, 0) is 17.6 Å². The lowest BCUT2D eigenvalue weighted by Gasteiger charge is -2.33. The van der Waals surface area contributed by atoms with E-state index in [1.54, 1.807) is 12.3 Å². The second-order valence-corrected chi connectivity index (χ2v) is 7.09. The van der Waals surface area contributed by atoms with Gasteiger partial charge in [0.15, 0.2) is 0 Å². The Labute approximate surface area is 153 Å². The van der Waals surface area contributed by atoms with Crippen LogP contribution in [0, 0.1) is 0 Å². The van der Waals surface area contributed by atoms with Crippen molar-refractivity contribution >= 4 is 17.5 Å². The average Bonchev–Trinajstić information content (AvgIpc) is 3.16. The number of aromatic nitrogens is 1. The topological polar surface area (TPSA) is 62.3 Å². The largest absolute Gasteiger partial charge is 0.356 e. The summed E-state index contributed by atoms with van der Waals surface area (Å²) in [5.41, 5.74) is 3.03. The molecule has 0 atom stereocenters. The monoisotopic (exact) mass is 349 g/mol. The molecule has 2 aromatic rings. The molecule has 1 saturated heterocycles. The number of Topliss-reactive ketones (excluding diaryl/α,β-unsaturated/α-hetero) is 1. The molecule has 1 fully saturated rings. The number of piperidine rings is 1. The Morgan fingerprint density at radius 3 is 2.62 bits per heavy atom. The SMILES string of the molecule is O=C(NC1CCN(c2ccccn2)CC1)C(=O)c1ccc2c(c1)CCC2. The number of amides is 1. The van der Waals surface area contributed by atoms with Gasteiger partial charge in [0.25, 0.3) is 5.91 Å². The van der Waals surface area contributed by atoms with Crippen LogP contribution >= 0.6 is 0 Å². The van der Waals surface area contributed by atoms with E-state index in [2.05, 4.69) is 15.2 Å². The predicted octanol–water partition coefficient (Wildman–Crippen LogP) is 2.54. The highest BCUT2D eigenvalue weighted by Crippen LogP contribution is 2.23. The molecule has 5 heteroatoms. The first-order valence-corrected chi connectivity index (χ1v) is 9.34. The number of nitrogens with one attached hydrogen (secondary N) is 1. The highest BCUT2D eigenvalue weighted by molar-refractivity contribution is 6.42. The van der Waals surface area contributed by atoms with E-state index >= 15 is 0 Å². The third kappa shape index (κ3) is 3.47. The van der Waals surface area contributed by atoms with Gasteiger partial charge in [0.1, 0.15) is 5.82 Å². The molecular weight excluding hydrogens is 326 g/mol. The number of anilines is 1. The number of carbonyl (C=O) groups excluding carboxylic acids is 2. The zero-order valence-electron chi connectivity index (χ0n) is 14.8. The number of hydrogen-bond acceptors (Lipinski definition) is 4. The Morgan fingerprint density at radius 2 is 1.85 bits per heavy atom. The lowest BCUT2D eigenvalue weighted by molar-refractivity contribution is -0.117. The fourth-order valence-corrected chi connectivity index (χ4v) is 3.89. The van der Waals surface area contributed by atoms with Crippen molar-refractivity contribution in [2.24, 2.45) is 0 Å². The summed E-state index contributed by atoms with van der Waals surface area (Å²) >= 11 is 0. The zero-order chi connectivity index (χ0) is 17.9. The third-order valence-electron chi connectivity index (χ3n) is 5.37. The third-order valence-corrected chi connectivity index (χ3v) is 5.37. The molecular formula is C21H23N3O2. The van der Waals surface area contributed by atoms with Crippen LogP contribution in [0.3, 0.4) is 0 Å². The molecule has 2 aliphatic rings. The number of nitrogens with zero attached hydrogens (tertiary/aromatic N) is 2. The van der Waals surface area contributed by atoms with E-state index in [0.29, 0.717) is 5.56 Å². The minimum Gasteiger partial charge on any atom is -0.356 e. The lowest BCUT2D eigenvalue weighted by atomic mass is 10.0. The highest BCUT2D eigenvalue weighted by atomic mass is 16.2. The molecule has 134 valence electrons. The van der Waals surface area contributed by atoms with Crippen LogP contribution in [0.5, 0.6) is 0 Å². The number of rotatable bonds is 4. The van der Waals surface area contributed by atoms with Crippen molar-refractivity contribution in [2.75, 3.05) is 18.0 Å². The molecule has 0 saturated carbocycles.